The maximum atomic E-state index is 11.9. The minimum Gasteiger partial charge on any atom is -0.325 e. The fourth-order valence-corrected chi connectivity index (χ4v) is 1.96. The number of anilines is 1. The van der Waals surface area contributed by atoms with Crippen LogP contribution >= 0.6 is 15.9 Å². The molecule has 1 unspecified atom stereocenters. The highest BCUT2D eigenvalue weighted by molar-refractivity contribution is 9.10. The maximum absolute atomic E-state index is 11.9. The summed E-state index contributed by atoms with van der Waals surface area (Å²) in [6.07, 6.45) is 0. The molecule has 1 N–H and O–H groups in total. The highest BCUT2D eigenvalue weighted by Crippen LogP contribution is 2.21. The first-order chi connectivity index (χ1) is 7.95. The number of rotatable bonds is 3. The third kappa shape index (κ3) is 3.57. The Hall–Kier alpha value is -1.34. The lowest BCUT2D eigenvalue weighted by atomic mass is 9.96. The summed E-state index contributed by atoms with van der Waals surface area (Å²) in [6.45, 7) is 5.64. The van der Waals surface area contributed by atoms with Gasteiger partial charge in [0.15, 0.2) is 0 Å². The minimum absolute atomic E-state index is 0.00996. The summed E-state index contributed by atoms with van der Waals surface area (Å²) in [5.74, 6) is -0.846. The van der Waals surface area contributed by atoms with Crippen molar-refractivity contribution in [1.29, 1.82) is 5.26 Å². The Morgan fingerprint density at radius 2 is 2.12 bits per heavy atom. The number of nitriles is 1. The topological polar surface area (TPSA) is 52.9 Å². The number of carbonyl (C=O) groups is 1. The van der Waals surface area contributed by atoms with E-state index >= 15 is 0 Å². The molecule has 1 aromatic rings. The Bertz CT molecular complexity index is 463. The zero-order valence-electron chi connectivity index (χ0n) is 10.1. The molecule has 0 bridgehead atoms. The Labute approximate surface area is 110 Å². The zero-order valence-corrected chi connectivity index (χ0v) is 11.7. The molecule has 0 heterocycles. The SMILES string of the molecule is Cc1cc(Br)ccc1NC(=O)C(C#N)C(C)C. The molecule has 4 heteroatoms. The number of hydrogen-bond donors (Lipinski definition) is 1. The lowest BCUT2D eigenvalue weighted by molar-refractivity contribution is -0.119. The zero-order chi connectivity index (χ0) is 13.0. The van der Waals surface area contributed by atoms with Gasteiger partial charge in [-0.15, -0.1) is 0 Å². The van der Waals surface area contributed by atoms with E-state index in [0.29, 0.717) is 0 Å². The summed E-state index contributed by atoms with van der Waals surface area (Å²) in [7, 11) is 0. The van der Waals surface area contributed by atoms with E-state index < -0.39 is 5.92 Å². The molecule has 0 saturated heterocycles. The molecular formula is C13H15BrN2O. The molecule has 0 aliphatic rings. The summed E-state index contributed by atoms with van der Waals surface area (Å²) >= 11 is 3.36. The fraction of sp³-hybridized carbons (Fsp3) is 0.385. The molecule has 90 valence electrons. The van der Waals surface area contributed by atoms with Crippen molar-refractivity contribution in [2.24, 2.45) is 11.8 Å². The molecule has 0 aromatic heterocycles. The number of aryl methyl sites for hydroxylation is 1. The molecule has 0 saturated carbocycles. The Morgan fingerprint density at radius 3 is 2.59 bits per heavy atom. The average molecular weight is 295 g/mol. The second-order valence-corrected chi connectivity index (χ2v) is 5.21. The molecule has 1 rings (SSSR count). The van der Waals surface area contributed by atoms with Crippen molar-refractivity contribution in [3.8, 4) is 6.07 Å². The summed E-state index contributed by atoms with van der Waals surface area (Å²) in [6, 6.07) is 7.64. The van der Waals surface area contributed by atoms with Gasteiger partial charge in [0.1, 0.15) is 5.92 Å². The quantitative estimate of drug-likeness (QED) is 0.928. The number of amides is 1. The molecular weight excluding hydrogens is 280 g/mol. The van der Waals surface area contributed by atoms with E-state index in [-0.39, 0.29) is 11.8 Å². The van der Waals surface area contributed by atoms with Crippen LogP contribution in [0.2, 0.25) is 0 Å². The van der Waals surface area contributed by atoms with E-state index in [4.69, 9.17) is 5.26 Å². The van der Waals surface area contributed by atoms with Crippen LogP contribution in [0.3, 0.4) is 0 Å². The van der Waals surface area contributed by atoms with Crippen LogP contribution in [0.4, 0.5) is 5.69 Å². The lowest BCUT2D eigenvalue weighted by Gasteiger charge is -2.14. The van der Waals surface area contributed by atoms with Gasteiger partial charge in [-0.25, -0.2) is 0 Å². The van der Waals surface area contributed by atoms with E-state index in [1.165, 1.54) is 0 Å². The minimum atomic E-state index is -0.613. The van der Waals surface area contributed by atoms with Crippen LogP contribution in [0.15, 0.2) is 22.7 Å². The van der Waals surface area contributed by atoms with Crippen molar-refractivity contribution >= 4 is 27.5 Å². The van der Waals surface area contributed by atoms with Crippen LogP contribution in [-0.2, 0) is 4.79 Å². The van der Waals surface area contributed by atoms with Crippen LogP contribution in [-0.4, -0.2) is 5.91 Å². The van der Waals surface area contributed by atoms with E-state index in [0.717, 1.165) is 15.7 Å². The Kier molecular flexibility index (Phi) is 4.71. The van der Waals surface area contributed by atoms with Gasteiger partial charge in [-0.2, -0.15) is 5.26 Å². The van der Waals surface area contributed by atoms with E-state index in [1.54, 1.807) is 0 Å². The van der Waals surface area contributed by atoms with Crippen LogP contribution in [0, 0.1) is 30.1 Å². The van der Waals surface area contributed by atoms with Gasteiger partial charge < -0.3 is 5.32 Å². The van der Waals surface area contributed by atoms with Crippen molar-refractivity contribution in [1.82, 2.24) is 0 Å². The molecule has 1 atom stereocenters. The first kappa shape index (κ1) is 13.7. The second-order valence-electron chi connectivity index (χ2n) is 4.30. The molecule has 0 spiro atoms. The van der Waals surface area contributed by atoms with E-state index in [2.05, 4.69) is 21.2 Å². The van der Waals surface area contributed by atoms with Gasteiger partial charge in [0.05, 0.1) is 6.07 Å². The van der Waals surface area contributed by atoms with Gasteiger partial charge in [-0.05, 0) is 36.6 Å². The average Bonchev–Trinajstić information content (AvgIpc) is 2.22. The van der Waals surface area contributed by atoms with Gasteiger partial charge in [0, 0.05) is 10.2 Å². The number of nitrogens with zero attached hydrogens (tertiary/aromatic N) is 1. The van der Waals surface area contributed by atoms with Gasteiger partial charge in [0.2, 0.25) is 5.91 Å². The molecule has 1 aromatic carbocycles. The van der Waals surface area contributed by atoms with Gasteiger partial charge in [-0.1, -0.05) is 29.8 Å². The number of hydrogen-bond acceptors (Lipinski definition) is 2. The second kappa shape index (κ2) is 5.83. The van der Waals surface area contributed by atoms with Crippen molar-refractivity contribution < 1.29 is 4.79 Å². The van der Waals surface area contributed by atoms with Crippen molar-refractivity contribution in [3.05, 3.63) is 28.2 Å². The molecule has 0 aliphatic carbocycles. The summed E-state index contributed by atoms with van der Waals surface area (Å²) in [5.41, 5.74) is 1.72. The number of benzene rings is 1. The van der Waals surface area contributed by atoms with Crippen molar-refractivity contribution in [3.63, 3.8) is 0 Å². The van der Waals surface area contributed by atoms with Crippen LogP contribution in [0.1, 0.15) is 19.4 Å². The normalized spacial score (nSPS) is 12.0. The molecule has 0 fully saturated rings. The van der Waals surface area contributed by atoms with Gasteiger partial charge in [0.25, 0.3) is 0 Å². The molecule has 0 aliphatic heterocycles. The van der Waals surface area contributed by atoms with Gasteiger partial charge in [-0.3, -0.25) is 4.79 Å². The Morgan fingerprint density at radius 1 is 1.47 bits per heavy atom. The molecule has 0 radical (unpaired) electrons. The summed E-state index contributed by atoms with van der Waals surface area (Å²) < 4.78 is 0.966. The highest BCUT2D eigenvalue weighted by atomic mass is 79.9. The monoisotopic (exact) mass is 294 g/mol. The molecule has 17 heavy (non-hydrogen) atoms. The van der Waals surface area contributed by atoms with E-state index in [1.807, 2.05) is 45.0 Å². The van der Waals surface area contributed by atoms with Gasteiger partial charge >= 0.3 is 0 Å². The summed E-state index contributed by atoms with van der Waals surface area (Å²) in [5, 5.41) is 11.7. The number of nitrogens with one attached hydrogen (secondary N) is 1. The highest BCUT2D eigenvalue weighted by Gasteiger charge is 2.21. The maximum Gasteiger partial charge on any atom is 0.241 e. The van der Waals surface area contributed by atoms with Crippen LogP contribution < -0.4 is 5.32 Å². The van der Waals surface area contributed by atoms with Crippen molar-refractivity contribution in [2.45, 2.75) is 20.8 Å². The third-order valence-corrected chi connectivity index (χ3v) is 3.03. The van der Waals surface area contributed by atoms with Crippen molar-refractivity contribution in [2.75, 3.05) is 5.32 Å². The standard InChI is InChI=1S/C13H15BrN2O/c1-8(2)11(7-15)13(17)16-12-5-4-10(14)6-9(12)3/h4-6,8,11H,1-3H3,(H,16,17). The van der Waals surface area contributed by atoms with E-state index in [9.17, 15) is 4.79 Å². The Balaban J connectivity index is 2.85. The predicted molar refractivity (Wildman–Crippen MR) is 71.4 cm³/mol. The fourth-order valence-electron chi connectivity index (χ4n) is 1.49. The van der Waals surface area contributed by atoms with Crippen LogP contribution in [0.5, 0.6) is 0 Å². The number of halogens is 1. The van der Waals surface area contributed by atoms with Crippen LogP contribution in [0.25, 0.3) is 0 Å². The third-order valence-electron chi connectivity index (χ3n) is 2.53. The number of carbonyl (C=O) groups excluding carboxylic acids is 1. The first-order valence-electron chi connectivity index (χ1n) is 5.42. The predicted octanol–water partition coefficient (Wildman–Crippen LogP) is 3.49. The lowest BCUT2D eigenvalue weighted by Crippen LogP contribution is -2.25. The smallest absolute Gasteiger partial charge is 0.241 e. The molecule has 1 amide bonds. The molecule has 3 nitrogen and oxygen atoms in total. The first-order valence-corrected chi connectivity index (χ1v) is 6.21. The largest absolute Gasteiger partial charge is 0.325 e. The summed E-state index contributed by atoms with van der Waals surface area (Å²) in [4.78, 5) is 11.9.